The van der Waals surface area contributed by atoms with Crippen molar-refractivity contribution in [2.75, 3.05) is 11.4 Å². The van der Waals surface area contributed by atoms with Crippen LogP contribution in [0.1, 0.15) is 49.4 Å². The fourth-order valence-electron chi connectivity index (χ4n) is 2.85. The van der Waals surface area contributed by atoms with E-state index in [1.807, 2.05) is 12.1 Å². The van der Waals surface area contributed by atoms with E-state index in [1.165, 1.54) is 32.1 Å². The van der Waals surface area contributed by atoms with Crippen molar-refractivity contribution in [3.63, 3.8) is 0 Å². The third-order valence-corrected chi connectivity index (χ3v) is 4.08. The van der Waals surface area contributed by atoms with Gasteiger partial charge in [0.05, 0.1) is 10.7 Å². The second-order valence-electron chi connectivity index (χ2n) is 4.91. The van der Waals surface area contributed by atoms with Gasteiger partial charge in [0.2, 0.25) is 0 Å². The molecule has 0 spiro atoms. The highest BCUT2D eigenvalue weighted by Gasteiger charge is 2.21. The first-order chi connectivity index (χ1) is 8.76. The van der Waals surface area contributed by atoms with Crippen LogP contribution in [0.25, 0.3) is 0 Å². The Bertz CT molecular complexity index is 413. The van der Waals surface area contributed by atoms with Gasteiger partial charge in [0.1, 0.15) is 6.29 Å². The zero-order chi connectivity index (χ0) is 13.0. The van der Waals surface area contributed by atoms with Crippen LogP contribution in [0.4, 0.5) is 5.69 Å². The number of halogens is 1. The van der Waals surface area contributed by atoms with Gasteiger partial charge in [-0.25, -0.2) is 0 Å². The van der Waals surface area contributed by atoms with Gasteiger partial charge >= 0.3 is 0 Å². The third-order valence-electron chi connectivity index (χ3n) is 3.77. The smallest absolute Gasteiger partial charge is 0.150 e. The van der Waals surface area contributed by atoms with Crippen LogP contribution in [0, 0.1) is 0 Å². The summed E-state index contributed by atoms with van der Waals surface area (Å²) >= 11 is 6.30. The molecule has 0 heterocycles. The molecule has 2 rings (SSSR count). The fourth-order valence-corrected chi connectivity index (χ4v) is 3.14. The van der Waals surface area contributed by atoms with Gasteiger partial charge in [-0.05, 0) is 38.0 Å². The maximum Gasteiger partial charge on any atom is 0.150 e. The van der Waals surface area contributed by atoms with Gasteiger partial charge in [0.25, 0.3) is 0 Å². The van der Waals surface area contributed by atoms with Crippen molar-refractivity contribution in [1.29, 1.82) is 0 Å². The molecular weight excluding hydrogens is 246 g/mol. The Balaban J connectivity index is 2.23. The molecule has 1 aromatic rings. The molecule has 0 N–H and O–H groups in total. The molecular formula is C15H20ClNO. The van der Waals surface area contributed by atoms with Crippen molar-refractivity contribution in [3.05, 3.63) is 28.8 Å². The second-order valence-corrected chi connectivity index (χ2v) is 5.31. The number of rotatable bonds is 4. The summed E-state index contributed by atoms with van der Waals surface area (Å²) in [5.41, 5.74) is 1.71. The van der Waals surface area contributed by atoms with Gasteiger partial charge in [-0.2, -0.15) is 0 Å². The minimum absolute atomic E-state index is 0.600. The summed E-state index contributed by atoms with van der Waals surface area (Å²) in [6, 6.07) is 6.18. The molecule has 1 fully saturated rings. The lowest BCUT2D eigenvalue weighted by atomic mass is 9.93. The van der Waals surface area contributed by atoms with Crippen LogP contribution in [0.2, 0.25) is 5.02 Å². The van der Waals surface area contributed by atoms with E-state index in [0.29, 0.717) is 16.6 Å². The number of carbonyl (C=O) groups excluding carboxylic acids is 1. The predicted octanol–water partition coefficient (Wildman–Crippen LogP) is 4.31. The Kier molecular flexibility index (Phi) is 4.65. The Labute approximate surface area is 114 Å². The van der Waals surface area contributed by atoms with Crippen LogP contribution in [-0.4, -0.2) is 18.9 Å². The van der Waals surface area contributed by atoms with Crippen molar-refractivity contribution >= 4 is 23.6 Å². The average molecular weight is 266 g/mol. The minimum Gasteiger partial charge on any atom is -0.368 e. The molecule has 0 atom stereocenters. The number of nitrogens with zero attached hydrogens (tertiary/aromatic N) is 1. The molecule has 1 aliphatic rings. The number of anilines is 1. The normalized spacial score (nSPS) is 16.6. The van der Waals surface area contributed by atoms with Gasteiger partial charge in [-0.1, -0.05) is 30.9 Å². The molecule has 1 saturated carbocycles. The Morgan fingerprint density at radius 1 is 1.33 bits per heavy atom. The molecule has 0 unspecified atom stereocenters. The molecule has 0 aliphatic heterocycles. The number of aldehydes is 1. The lowest BCUT2D eigenvalue weighted by Crippen LogP contribution is -2.36. The van der Waals surface area contributed by atoms with Crippen LogP contribution in [0.3, 0.4) is 0 Å². The van der Waals surface area contributed by atoms with Gasteiger partial charge in [0, 0.05) is 18.2 Å². The topological polar surface area (TPSA) is 20.3 Å². The maximum atomic E-state index is 10.7. The minimum atomic E-state index is 0.600. The van der Waals surface area contributed by atoms with E-state index in [-0.39, 0.29) is 0 Å². The number of hydrogen-bond donors (Lipinski definition) is 0. The van der Waals surface area contributed by atoms with E-state index in [2.05, 4.69) is 11.8 Å². The van der Waals surface area contributed by atoms with Crippen molar-refractivity contribution in [1.82, 2.24) is 0 Å². The molecule has 18 heavy (non-hydrogen) atoms. The first-order valence-electron chi connectivity index (χ1n) is 6.77. The second kappa shape index (κ2) is 6.24. The number of carbonyl (C=O) groups is 1. The van der Waals surface area contributed by atoms with Gasteiger partial charge in [-0.15, -0.1) is 0 Å². The third kappa shape index (κ3) is 2.86. The van der Waals surface area contributed by atoms with E-state index in [1.54, 1.807) is 6.07 Å². The van der Waals surface area contributed by atoms with E-state index < -0.39 is 0 Å². The summed E-state index contributed by atoms with van der Waals surface area (Å²) in [6.07, 6.45) is 7.31. The van der Waals surface area contributed by atoms with E-state index in [9.17, 15) is 4.79 Å². The molecule has 0 amide bonds. The highest BCUT2D eigenvalue weighted by atomic mass is 35.5. The standard InChI is InChI=1S/C15H20ClNO/c1-2-17(13-6-4-3-5-7-13)15-9-8-12(11-18)10-14(15)16/h8-11,13H,2-7H2,1H3. The van der Waals surface area contributed by atoms with E-state index in [0.717, 1.165) is 18.5 Å². The van der Waals surface area contributed by atoms with Crippen LogP contribution in [0.5, 0.6) is 0 Å². The zero-order valence-electron chi connectivity index (χ0n) is 10.9. The molecule has 2 nitrogen and oxygen atoms in total. The summed E-state index contributed by atoms with van der Waals surface area (Å²) in [6.45, 7) is 3.13. The van der Waals surface area contributed by atoms with Gasteiger partial charge < -0.3 is 4.90 Å². The van der Waals surface area contributed by atoms with Crippen LogP contribution in [-0.2, 0) is 0 Å². The largest absolute Gasteiger partial charge is 0.368 e. The molecule has 1 aromatic carbocycles. The first-order valence-corrected chi connectivity index (χ1v) is 7.15. The monoisotopic (exact) mass is 265 g/mol. The zero-order valence-corrected chi connectivity index (χ0v) is 11.6. The summed E-state index contributed by atoms with van der Waals surface area (Å²) in [5.74, 6) is 0. The SMILES string of the molecule is CCN(c1ccc(C=O)cc1Cl)C1CCCCC1. The Morgan fingerprint density at radius 3 is 2.61 bits per heavy atom. The Morgan fingerprint density at radius 2 is 2.06 bits per heavy atom. The van der Waals surface area contributed by atoms with Crippen LogP contribution < -0.4 is 4.90 Å². The van der Waals surface area contributed by atoms with Crippen molar-refractivity contribution in [3.8, 4) is 0 Å². The van der Waals surface area contributed by atoms with E-state index >= 15 is 0 Å². The van der Waals surface area contributed by atoms with Gasteiger partial charge in [0.15, 0.2) is 0 Å². The average Bonchev–Trinajstić information content (AvgIpc) is 2.42. The quantitative estimate of drug-likeness (QED) is 0.756. The highest BCUT2D eigenvalue weighted by molar-refractivity contribution is 6.33. The van der Waals surface area contributed by atoms with Crippen molar-refractivity contribution < 1.29 is 4.79 Å². The Hall–Kier alpha value is -1.02. The van der Waals surface area contributed by atoms with Crippen molar-refractivity contribution in [2.24, 2.45) is 0 Å². The number of hydrogen-bond acceptors (Lipinski definition) is 2. The summed E-state index contributed by atoms with van der Waals surface area (Å²) in [4.78, 5) is 13.1. The first kappa shape index (κ1) is 13.4. The van der Waals surface area contributed by atoms with Crippen LogP contribution in [0.15, 0.2) is 18.2 Å². The number of benzene rings is 1. The lowest BCUT2D eigenvalue weighted by Gasteiger charge is -2.36. The van der Waals surface area contributed by atoms with Crippen LogP contribution >= 0.6 is 11.6 Å². The molecule has 3 heteroatoms. The molecule has 1 aliphatic carbocycles. The predicted molar refractivity (Wildman–Crippen MR) is 76.7 cm³/mol. The molecule has 0 aromatic heterocycles. The summed E-state index contributed by atoms with van der Waals surface area (Å²) in [5, 5.41) is 0.687. The van der Waals surface area contributed by atoms with Gasteiger partial charge in [-0.3, -0.25) is 4.79 Å². The molecule has 0 radical (unpaired) electrons. The van der Waals surface area contributed by atoms with E-state index in [4.69, 9.17) is 11.6 Å². The molecule has 98 valence electrons. The summed E-state index contributed by atoms with van der Waals surface area (Å²) in [7, 11) is 0. The maximum absolute atomic E-state index is 10.7. The fraction of sp³-hybridized carbons (Fsp3) is 0.533. The summed E-state index contributed by atoms with van der Waals surface area (Å²) < 4.78 is 0. The highest BCUT2D eigenvalue weighted by Crippen LogP contribution is 2.32. The van der Waals surface area contributed by atoms with Crippen molar-refractivity contribution in [2.45, 2.75) is 45.1 Å². The molecule has 0 saturated heterocycles. The molecule has 0 bridgehead atoms. The lowest BCUT2D eigenvalue weighted by molar-refractivity contribution is 0.112.